The van der Waals surface area contributed by atoms with Gasteiger partial charge in [-0.15, -0.1) is 0 Å². The fourth-order valence-corrected chi connectivity index (χ4v) is 3.58. The number of aliphatic imine (C=N–C) groups is 1. The summed E-state index contributed by atoms with van der Waals surface area (Å²) >= 11 is 0. The molecule has 3 nitrogen and oxygen atoms in total. The van der Waals surface area contributed by atoms with Crippen LogP contribution in [0.3, 0.4) is 0 Å². The van der Waals surface area contributed by atoms with Gasteiger partial charge < -0.3 is 10.4 Å². The van der Waals surface area contributed by atoms with E-state index in [1.807, 2.05) is 26.1 Å². The van der Waals surface area contributed by atoms with E-state index in [4.69, 9.17) is 0 Å². The lowest BCUT2D eigenvalue weighted by Gasteiger charge is -2.11. The second kappa shape index (κ2) is 9.93. The number of nitrogens with zero attached hydrogens (tertiary/aromatic N) is 1. The molecule has 0 bridgehead atoms. The van der Waals surface area contributed by atoms with Crippen LogP contribution in [0.4, 0.5) is 0 Å². The van der Waals surface area contributed by atoms with Crippen molar-refractivity contribution in [3.63, 3.8) is 0 Å². The minimum atomic E-state index is 0.309. The van der Waals surface area contributed by atoms with Crippen LogP contribution in [-0.4, -0.2) is 24.4 Å². The first kappa shape index (κ1) is 19.9. The average molecular weight is 375 g/mol. The summed E-state index contributed by atoms with van der Waals surface area (Å²) in [6, 6.07) is 11.9. The zero-order valence-corrected chi connectivity index (χ0v) is 16.9. The van der Waals surface area contributed by atoms with Crippen LogP contribution in [0.1, 0.15) is 45.1 Å². The zero-order valence-electron chi connectivity index (χ0n) is 16.9. The third kappa shape index (κ3) is 4.92. The smallest absolute Gasteiger partial charge is 0.116 e. The lowest BCUT2D eigenvalue weighted by molar-refractivity contribution is 0.476. The Balaban J connectivity index is 0.00000109. The summed E-state index contributed by atoms with van der Waals surface area (Å²) in [6.07, 6.45) is 13.2. The largest absolute Gasteiger partial charge is 0.508 e. The van der Waals surface area contributed by atoms with Crippen LogP contribution in [0.25, 0.3) is 16.8 Å². The first-order valence-corrected chi connectivity index (χ1v) is 10.4. The van der Waals surface area contributed by atoms with Gasteiger partial charge in [-0.2, -0.15) is 0 Å². The van der Waals surface area contributed by atoms with Crippen molar-refractivity contribution in [3.8, 4) is 5.75 Å². The summed E-state index contributed by atoms with van der Waals surface area (Å²) < 4.78 is 0. The van der Waals surface area contributed by atoms with Crippen LogP contribution in [0.15, 0.2) is 70.4 Å². The van der Waals surface area contributed by atoms with Crippen molar-refractivity contribution in [3.05, 3.63) is 71.0 Å². The third-order valence-electron chi connectivity index (χ3n) is 4.95. The van der Waals surface area contributed by atoms with E-state index < -0.39 is 0 Å². The number of fused-ring (bicyclic) bond motifs is 1. The van der Waals surface area contributed by atoms with Gasteiger partial charge in [0.05, 0.1) is 0 Å². The highest BCUT2D eigenvalue weighted by Gasteiger charge is 2.13. The maximum atomic E-state index is 9.65. The van der Waals surface area contributed by atoms with Gasteiger partial charge in [-0.05, 0) is 71.4 Å². The Hall–Kier alpha value is -2.81. The van der Waals surface area contributed by atoms with Crippen molar-refractivity contribution >= 4 is 23.1 Å². The summed E-state index contributed by atoms with van der Waals surface area (Å²) in [5, 5.41) is 15.3. The van der Waals surface area contributed by atoms with E-state index >= 15 is 0 Å². The molecule has 0 aliphatic carbocycles. The molecule has 146 valence electrons. The van der Waals surface area contributed by atoms with Gasteiger partial charge in [0.2, 0.25) is 0 Å². The predicted molar refractivity (Wildman–Crippen MR) is 121 cm³/mol. The first-order chi connectivity index (χ1) is 13.8. The van der Waals surface area contributed by atoms with Crippen molar-refractivity contribution in [1.29, 1.82) is 0 Å². The van der Waals surface area contributed by atoms with Gasteiger partial charge in [-0.1, -0.05) is 44.2 Å². The van der Waals surface area contributed by atoms with E-state index in [2.05, 4.69) is 46.9 Å². The molecule has 0 unspecified atom stereocenters. The molecular formula is C25H30N2O. The van der Waals surface area contributed by atoms with Crippen molar-refractivity contribution in [2.45, 2.75) is 39.5 Å². The second-order valence-corrected chi connectivity index (χ2v) is 6.91. The van der Waals surface area contributed by atoms with Crippen molar-refractivity contribution in [1.82, 2.24) is 5.32 Å². The SMILES string of the molecule is CC.Oc1ccc2cc(/C=C3\CCCNC=C3C3=CCCCN=C3)ccc2c1. The number of phenols is 1. The minimum absolute atomic E-state index is 0.309. The molecular weight excluding hydrogens is 344 g/mol. The number of rotatable bonds is 2. The number of hydrogen-bond donors (Lipinski definition) is 2. The van der Waals surface area contributed by atoms with Crippen LogP contribution in [0, 0.1) is 0 Å². The van der Waals surface area contributed by atoms with E-state index in [9.17, 15) is 5.11 Å². The Morgan fingerprint density at radius 3 is 2.75 bits per heavy atom. The molecule has 2 aromatic carbocycles. The monoisotopic (exact) mass is 374 g/mol. The maximum Gasteiger partial charge on any atom is 0.116 e. The van der Waals surface area contributed by atoms with E-state index in [-0.39, 0.29) is 0 Å². The minimum Gasteiger partial charge on any atom is -0.508 e. The molecule has 0 spiro atoms. The van der Waals surface area contributed by atoms with Crippen LogP contribution in [0.5, 0.6) is 5.75 Å². The van der Waals surface area contributed by atoms with Crippen molar-refractivity contribution in [2.24, 2.45) is 4.99 Å². The Labute approximate surface area is 168 Å². The Morgan fingerprint density at radius 1 is 1.04 bits per heavy atom. The summed E-state index contributed by atoms with van der Waals surface area (Å²) in [6.45, 7) is 5.92. The van der Waals surface area contributed by atoms with Gasteiger partial charge in [0, 0.05) is 31.1 Å². The lowest BCUT2D eigenvalue weighted by atomic mass is 9.93. The van der Waals surface area contributed by atoms with E-state index in [1.54, 1.807) is 12.1 Å². The lowest BCUT2D eigenvalue weighted by Crippen LogP contribution is -2.05. The van der Waals surface area contributed by atoms with Gasteiger partial charge in [0.25, 0.3) is 0 Å². The quantitative estimate of drug-likeness (QED) is 0.676. The molecule has 0 atom stereocenters. The highest BCUT2D eigenvalue weighted by molar-refractivity contribution is 5.89. The van der Waals surface area contributed by atoms with Gasteiger partial charge >= 0.3 is 0 Å². The molecule has 0 saturated heterocycles. The number of hydrogen-bond acceptors (Lipinski definition) is 3. The maximum absolute atomic E-state index is 9.65. The average Bonchev–Trinajstić information content (AvgIpc) is 3.12. The van der Waals surface area contributed by atoms with Crippen LogP contribution in [0.2, 0.25) is 0 Å². The fourth-order valence-electron chi connectivity index (χ4n) is 3.58. The van der Waals surface area contributed by atoms with E-state index in [1.165, 1.54) is 22.3 Å². The molecule has 0 amide bonds. The van der Waals surface area contributed by atoms with Crippen molar-refractivity contribution < 1.29 is 5.11 Å². The van der Waals surface area contributed by atoms with Crippen molar-refractivity contribution in [2.75, 3.05) is 13.1 Å². The number of nitrogens with one attached hydrogen (secondary N) is 1. The molecule has 2 N–H and O–H groups in total. The highest BCUT2D eigenvalue weighted by atomic mass is 16.3. The Kier molecular flexibility index (Phi) is 7.07. The zero-order chi connectivity index (χ0) is 19.8. The predicted octanol–water partition coefficient (Wildman–Crippen LogP) is 6.01. The van der Waals surface area contributed by atoms with Crippen LogP contribution < -0.4 is 5.32 Å². The third-order valence-corrected chi connectivity index (χ3v) is 4.95. The standard InChI is InChI=1S/C23H24N2O.C2H6/c26-22-9-8-18-12-17(6-7-19(18)14-22)13-20-5-3-11-25-16-23(20)21-4-1-2-10-24-15-21;1-2/h4,6-9,12-16,25-26H,1-3,5,10-11H2;1-2H3/b20-13+;. The summed E-state index contributed by atoms with van der Waals surface area (Å²) in [5.74, 6) is 0.309. The summed E-state index contributed by atoms with van der Waals surface area (Å²) in [7, 11) is 0. The van der Waals surface area contributed by atoms with Gasteiger partial charge in [-0.3, -0.25) is 4.99 Å². The molecule has 0 aromatic heterocycles. The van der Waals surface area contributed by atoms with Gasteiger partial charge in [0.15, 0.2) is 0 Å². The Bertz CT molecular complexity index is 935. The van der Waals surface area contributed by atoms with Gasteiger partial charge in [-0.25, -0.2) is 0 Å². The first-order valence-electron chi connectivity index (χ1n) is 10.4. The Morgan fingerprint density at radius 2 is 1.86 bits per heavy atom. The molecule has 4 rings (SSSR count). The summed E-state index contributed by atoms with van der Waals surface area (Å²) in [5.41, 5.74) is 5.04. The number of benzene rings is 2. The van der Waals surface area contributed by atoms with Crippen LogP contribution in [-0.2, 0) is 0 Å². The molecule has 2 heterocycles. The van der Waals surface area contributed by atoms with Gasteiger partial charge in [0.1, 0.15) is 5.75 Å². The number of phenolic OH excluding ortho intramolecular Hbond substituents is 1. The van der Waals surface area contributed by atoms with Crippen LogP contribution >= 0.6 is 0 Å². The molecule has 28 heavy (non-hydrogen) atoms. The molecule has 2 aliphatic heterocycles. The molecule has 3 heteroatoms. The van der Waals surface area contributed by atoms with E-state index in [0.29, 0.717) is 5.75 Å². The highest BCUT2D eigenvalue weighted by Crippen LogP contribution is 2.29. The topological polar surface area (TPSA) is 44.6 Å². The number of aromatic hydroxyl groups is 1. The second-order valence-electron chi connectivity index (χ2n) is 6.91. The number of allylic oxidation sites excluding steroid dienone is 4. The normalized spacial score (nSPS) is 18.3. The molecule has 0 fully saturated rings. The molecule has 2 aromatic rings. The molecule has 0 saturated carbocycles. The summed E-state index contributed by atoms with van der Waals surface area (Å²) in [4.78, 5) is 4.54. The fraction of sp³-hybridized carbons (Fsp3) is 0.320. The van der Waals surface area contributed by atoms with E-state index in [0.717, 1.165) is 49.5 Å². The molecule has 2 aliphatic rings. The molecule has 0 radical (unpaired) electrons.